The first kappa shape index (κ1) is 19.9. The van der Waals surface area contributed by atoms with E-state index in [9.17, 15) is 0 Å². The Kier molecular flexibility index (Phi) is 5.10. The molecule has 31 heavy (non-hydrogen) atoms. The van der Waals surface area contributed by atoms with Gasteiger partial charge in [0, 0.05) is 52.8 Å². The largest absolute Gasteiger partial charge is 0.398 e. The topological polar surface area (TPSA) is 83.2 Å². The van der Waals surface area contributed by atoms with Gasteiger partial charge in [-0.2, -0.15) is 0 Å². The summed E-state index contributed by atoms with van der Waals surface area (Å²) in [4.78, 5) is 20.2. The summed E-state index contributed by atoms with van der Waals surface area (Å²) >= 11 is 0. The van der Waals surface area contributed by atoms with Crippen molar-refractivity contribution in [3.05, 3.63) is 65.4 Å². The highest BCUT2D eigenvalue weighted by molar-refractivity contribution is 6.06. The summed E-state index contributed by atoms with van der Waals surface area (Å²) in [6.07, 6.45) is 7.13. The van der Waals surface area contributed by atoms with Gasteiger partial charge in [0.15, 0.2) is 0 Å². The van der Waals surface area contributed by atoms with Crippen molar-refractivity contribution in [1.82, 2.24) is 19.9 Å². The molecular weight excluding hydrogens is 384 g/mol. The highest BCUT2D eigenvalue weighted by Crippen LogP contribution is 2.40. The Bertz CT molecular complexity index is 1170. The summed E-state index contributed by atoms with van der Waals surface area (Å²) < 4.78 is 0. The SMILES string of the molecule is CCc1nc(CN2CCC3(CCN=C3C=C(N)c3cnc4ccccc4c3)C2)[nH]c1C. The summed E-state index contributed by atoms with van der Waals surface area (Å²) in [5.41, 5.74) is 12.8. The maximum atomic E-state index is 6.52. The van der Waals surface area contributed by atoms with Crippen molar-refractivity contribution >= 4 is 22.3 Å². The molecule has 1 unspecified atom stereocenters. The van der Waals surface area contributed by atoms with Crippen LogP contribution in [0, 0.1) is 12.3 Å². The van der Waals surface area contributed by atoms with Gasteiger partial charge in [0.25, 0.3) is 0 Å². The molecule has 3 N–H and O–H groups in total. The maximum Gasteiger partial charge on any atom is 0.120 e. The molecule has 0 saturated carbocycles. The van der Waals surface area contributed by atoms with Crippen LogP contribution in [-0.4, -0.2) is 45.2 Å². The number of pyridine rings is 1. The molecule has 0 radical (unpaired) electrons. The zero-order chi connectivity index (χ0) is 21.4. The normalized spacial score (nSPS) is 22.0. The quantitative estimate of drug-likeness (QED) is 0.664. The van der Waals surface area contributed by atoms with E-state index in [1.807, 2.05) is 24.4 Å². The Labute approximate surface area is 183 Å². The number of fused-ring (bicyclic) bond motifs is 1. The first-order valence-electron chi connectivity index (χ1n) is 11.2. The van der Waals surface area contributed by atoms with E-state index in [1.165, 1.54) is 11.4 Å². The minimum atomic E-state index is 0.101. The number of aryl methyl sites for hydroxylation is 2. The molecule has 4 heterocycles. The highest BCUT2D eigenvalue weighted by atomic mass is 15.2. The average Bonchev–Trinajstić information content (AvgIpc) is 3.47. The minimum Gasteiger partial charge on any atom is -0.398 e. The fourth-order valence-electron chi connectivity index (χ4n) is 5.04. The van der Waals surface area contributed by atoms with Crippen LogP contribution in [-0.2, 0) is 13.0 Å². The van der Waals surface area contributed by atoms with Crippen LogP contribution in [0.25, 0.3) is 16.6 Å². The first-order valence-corrected chi connectivity index (χ1v) is 11.2. The molecule has 2 aliphatic heterocycles. The number of hydrogen-bond acceptors (Lipinski definition) is 5. The van der Waals surface area contributed by atoms with E-state index in [0.717, 1.165) is 79.1 Å². The van der Waals surface area contributed by atoms with Gasteiger partial charge in [-0.15, -0.1) is 0 Å². The molecule has 1 atom stereocenters. The predicted octanol–water partition coefficient (Wildman–Crippen LogP) is 3.87. The Morgan fingerprint density at radius 2 is 2.16 bits per heavy atom. The van der Waals surface area contributed by atoms with Gasteiger partial charge in [0.1, 0.15) is 5.82 Å². The molecule has 6 heteroatoms. The average molecular weight is 415 g/mol. The number of H-pyrrole nitrogens is 1. The van der Waals surface area contributed by atoms with Gasteiger partial charge < -0.3 is 10.7 Å². The lowest BCUT2D eigenvalue weighted by Crippen LogP contribution is -2.31. The third-order valence-corrected chi connectivity index (χ3v) is 6.81. The number of allylic oxidation sites excluding steroid dienone is 1. The van der Waals surface area contributed by atoms with Gasteiger partial charge in [-0.05, 0) is 50.9 Å². The third kappa shape index (κ3) is 3.76. The molecule has 5 rings (SSSR count). The van der Waals surface area contributed by atoms with Crippen LogP contribution in [0.5, 0.6) is 0 Å². The molecular formula is C25H30N6. The molecule has 1 saturated heterocycles. The van der Waals surface area contributed by atoms with Crippen LogP contribution in [0.15, 0.2) is 47.6 Å². The second-order valence-electron chi connectivity index (χ2n) is 8.88. The zero-order valence-corrected chi connectivity index (χ0v) is 18.4. The van der Waals surface area contributed by atoms with Crippen LogP contribution in [0.3, 0.4) is 0 Å². The molecule has 3 aromatic rings. The molecule has 0 amide bonds. The van der Waals surface area contributed by atoms with Gasteiger partial charge >= 0.3 is 0 Å². The molecule has 0 bridgehead atoms. The predicted molar refractivity (Wildman–Crippen MR) is 126 cm³/mol. The van der Waals surface area contributed by atoms with E-state index >= 15 is 0 Å². The summed E-state index contributed by atoms with van der Waals surface area (Å²) in [5.74, 6) is 1.07. The molecule has 1 fully saturated rings. The summed E-state index contributed by atoms with van der Waals surface area (Å²) in [7, 11) is 0. The molecule has 1 aromatic carbocycles. The lowest BCUT2D eigenvalue weighted by molar-refractivity contribution is 0.293. The van der Waals surface area contributed by atoms with Crippen molar-refractivity contribution in [1.29, 1.82) is 0 Å². The Morgan fingerprint density at radius 1 is 1.29 bits per heavy atom. The number of imidazole rings is 1. The number of nitrogens with zero attached hydrogens (tertiary/aromatic N) is 4. The maximum absolute atomic E-state index is 6.52. The van der Waals surface area contributed by atoms with E-state index in [4.69, 9.17) is 15.7 Å². The van der Waals surface area contributed by atoms with Crippen LogP contribution < -0.4 is 5.73 Å². The number of aliphatic imine (C=N–C) groups is 1. The van der Waals surface area contributed by atoms with E-state index in [2.05, 4.69) is 46.9 Å². The standard InChI is InChI=1S/C25H30N6/c1-3-21-17(2)29-24(30-21)15-31-11-9-25(16-31)8-10-27-23(25)13-20(26)19-12-18-6-4-5-7-22(18)28-14-19/h4-7,12-14H,3,8-11,15-16,26H2,1-2H3,(H,29,30). The van der Waals surface area contributed by atoms with Crippen molar-refractivity contribution in [3.8, 4) is 0 Å². The van der Waals surface area contributed by atoms with Crippen LogP contribution in [0.4, 0.5) is 0 Å². The molecule has 2 aromatic heterocycles. The van der Waals surface area contributed by atoms with Crippen molar-refractivity contribution in [2.75, 3.05) is 19.6 Å². The molecule has 0 aliphatic carbocycles. The van der Waals surface area contributed by atoms with Crippen LogP contribution >= 0.6 is 0 Å². The number of benzene rings is 1. The highest BCUT2D eigenvalue weighted by Gasteiger charge is 2.43. The van der Waals surface area contributed by atoms with Gasteiger partial charge in [-0.25, -0.2) is 4.98 Å². The Hall–Kier alpha value is -2.99. The van der Waals surface area contributed by atoms with Gasteiger partial charge in [-0.1, -0.05) is 25.1 Å². The smallest absolute Gasteiger partial charge is 0.120 e. The lowest BCUT2D eigenvalue weighted by Gasteiger charge is -2.25. The summed E-state index contributed by atoms with van der Waals surface area (Å²) in [5, 5.41) is 1.10. The summed E-state index contributed by atoms with van der Waals surface area (Å²) in [6, 6.07) is 10.2. The second kappa shape index (κ2) is 7.93. The first-order chi connectivity index (χ1) is 15.1. The second-order valence-corrected chi connectivity index (χ2v) is 8.88. The fraction of sp³-hybridized carbons (Fsp3) is 0.400. The number of aromatic nitrogens is 3. The fourth-order valence-corrected chi connectivity index (χ4v) is 5.04. The van der Waals surface area contributed by atoms with Gasteiger partial charge in [0.05, 0.1) is 17.8 Å². The van der Waals surface area contributed by atoms with E-state index in [1.54, 1.807) is 0 Å². The van der Waals surface area contributed by atoms with Gasteiger partial charge in [-0.3, -0.25) is 14.9 Å². The number of aromatic amines is 1. The third-order valence-electron chi connectivity index (χ3n) is 6.81. The van der Waals surface area contributed by atoms with Crippen LogP contribution in [0.2, 0.25) is 0 Å². The number of para-hydroxylation sites is 1. The Morgan fingerprint density at radius 3 is 3.00 bits per heavy atom. The van der Waals surface area contributed by atoms with Gasteiger partial charge in [0.2, 0.25) is 0 Å². The number of hydrogen-bond donors (Lipinski definition) is 2. The number of rotatable bonds is 5. The monoisotopic (exact) mass is 414 g/mol. The van der Waals surface area contributed by atoms with Crippen molar-refractivity contribution in [3.63, 3.8) is 0 Å². The molecule has 160 valence electrons. The van der Waals surface area contributed by atoms with Crippen molar-refractivity contribution in [2.24, 2.45) is 16.1 Å². The van der Waals surface area contributed by atoms with Crippen LogP contribution in [0.1, 0.15) is 42.5 Å². The lowest BCUT2D eigenvalue weighted by atomic mass is 9.80. The van der Waals surface area contributed by atoms with E-state index in [0.29, 0.717) is 0 Å². The van der Waals surface area contributed by atoms with E-state index < -0.39 is 0 Å². The zero-order valence-electron chi connectivity index (χ0n) is 18.4. The summed E-state index contributed by atoms with van der Waals surface area (Å²) in [6.45, 7) is 8.07. The van der Waals surface area contributed by atoms with E-state index in [-0.39, 0.29) is 5.41 Å². The molecule has 1 spiro atoms. The number of nitrogens with two attached hydrogens (primary N) is 1. The Balaban J connectivity index is 1.33. The molecule has 2 aliphatic rings. The minimum absolute atomic E-state index is 0.101. The number of nitrogens with one attached hydrogen (secondary N) is 1. The van der Waals surface area contributed by atoms with Crippen molar-refractivity contribution in [2.45, 2.75) is 39.7 Å². The molecule has 6 nitrogen and oxygen atoms in total. The number of likely N-dealkylation sites (tertiary alicyclic amines) is 1. The van der Waals surface area contributed by atoms with Crippen molar-refractivity contribution < 1.29 is 0 Å².